The minimum absolute atomic E-state index is 0.973. The van der Waals surface area contributed by atoms with E-state index in [4.69, 9.17) is 4.42 Å². The van der Waals surface area contributed by atoms with Gasteiger partial charge in [-0.15, -0.1) is 22.7 Å². The highest BCUT2D eigenvalue weighted by molar-refractivity contribution is 7.37. The summed E-state index contributed by atoms with van der Waals surface area (Å²) in [6, 6.07) is 32.3. The van der Waals surface area contributed by atoms with Crippen LogP contribution in [0.3, 0.4) is 0 Å². The van der Waals surface area contributed by atoms with Gasteiger partial charge in [-0.1, -0.05) is 66.7 Å². The molecule has 0 N–H and O–H groups in total. The molecule has 0 bridgehead atoms. The lowest BCUT2D eigenvalue weighted by Crippen LogP contribution is -1.92. The van der Waals surface area contributed by atoms with Gasteiger partial charge in [0.1, 0.15) is 11.1 Å². The SMILES string of the molecule is c1ccc(-n2c3c4ccc5ccccc5c4oc3c3sc4c5ccccc5sc4c32)cc1. The van der Waals surface area contributed by atoms with Gasteiger partial charge in [-0.3, -0.25) is 0 Å². The van der Waals surface area contributed by atoms with E-state index in [2.05, 4.69) is 95.6 Å². The van der Waals surface area contributed by atoms with Crippen LogP contribution in [0.1, 0.15) is 0 Å². The van der Waals surface area contributed by atoms with Crippen LogP contribution < -0.4 is 0 Å². The number of fused-ring (bicyclic) bond motifs is 11. The van der Waals surface area contributed by atoms with Crippen molar-refractivity contribution in [3.8, 4) is 5.69 Å². The Morgan fingerprint density at radius 3 is 2.22 bits per heavy atom. The second-order valence-corrected chi connectivity index (χ2v) is 10.2. The number of furan rings is 1. The second kappa shape index (κ2) is 6.00. The third-order valence-corrected chi connectivity index (χ3v) is 8.92. The molecule has 4 heteroatoms. The lowest BCUT2D eigenvalue weighted by molar-refractivity contribution is 0.677. The smallest absolute Gasteiger partial charge is 0.171 e. The first-order valence-electron chi connectivity index (χ1n) is 10.6. The Hall–Kier alpha value is -3.60. The summed E-state index contributed by atoms with van der Waals surface area (Å²) >= 11 is 3.74. The van der Waals surface area contributed by atoms with Crippen molar-refractivity contribution in [2.75, 3.05) is 0 Å². The summed E-state index contributed by atoms with van der Waals surface area (Å²) in [5.74, 6) is 0. The predicted molar refractivity (Wildman–Crippen MR) is 139 cm³/mol. The first kappa shape index (κ1) is 17.0. The number of thiophene rings is 2. The number of hydrogen-bond donors (Lipinski definition) is 0. The molecule has 8 aromatic rings. The lowest BCUT2D eigenvalue weighted by Gasteiger charge is -2.06. The van der Waals surface area contributed by atoms with E-state index in [9.17, 15) is 0 Å². The molecular formula is C28H15NOS2. The molecule has 0 amide bonds. The Morgan fingerprint density at radius 2 is 1.31 bits per heavy atom. The number of hydrogen-bond acceptors (Lipinski definition) is 3. The Bertz CT molecular complexity index is 1980. The maximum absolute atomic E-state index is 6.69. The van der Waals surface area contributed by atoms with Crippen molar-refractivity contribution in [3.63, 3.8) is 0 Å². The van der Waals surface area contributed by atoms with Crippen LogP contribution in [0.5, 0.6) is 0 Å². The molecule has 2 nitrogen and oxygen atoms in total. The van der Waals surface area contributed by atoms with E-state index in [1.165, 1.54) is 46.2 Å². The summed E-state index contributed by atoms with van der Waals surface area (Å²) in [6.07, 6.45) is 0. The van der Waals surface area contributed by atoms with Gasteiger partial charge < -0.3 is 8.98 Å². The molecule has 0 aliphatic heterocycles. The molecule has 0 radical (unpaired) electrons. The van der Waals surface area contributed by atoms with Crippen molar-refractivity contribution in [3.05, 3.63) is 91.0 Å². The molecule has 4 heterocycles. The fourth-order valence-electron chi connectivity index (χ4n) is 5.02. The van der Waals surface area contributed by atoms with E-state index in [0.717, 1.165) is 22.1 Å². The number of rotatable bonds is 1. The maximum Gasteiger partial charge on any atom is 0.171 e. The lowest BCUT2D eigenvalue weighted by atomic mass is 10.1. The topological polar surface area (TPSA) is 18.1 Å². The zero-order valence-electron chi connectivity index (χ0n) is 16.8. The third-order valence-electron chi connectivity index (χ3n) is 6.41. The number of aromatic nitrogens is 1. The molecule has 150 valence electrons. The molecule has 8 rings (SSSR count). The van der Waals surface area contributed by atoms with Gasteiger partial charge in [0.05, 0.1) is 19.6 Å². The van der Waals surface area contributed by atoms with Gasteiger partial charge in [-0.2, -0.15) is 0 Å². The summed E-state index contributed by atoms with van der Waals surface area (Å²) < 4.78 is 14.4. The van der Waals surface area contributed by atoms with Crippen molar-refractivity contribution >= 4 is 85.2 Å². The van der Waals surface area contributed by atoms with Crippen molar-refractivity contribution in [1.29, 1.82) is 0 Å². The van der Waals surface area contributed by atoms with Crippen LogP contribution in [0.25, 0.3) is 68.2 Å². The zero-order chi connectivity index (χ0) is 20.8. The maximum atomic E-state index is 6.69. The van der Waals surface area contributed by atoms with Crippen molar-refractivity contribution < 1.29 is 4.42 Å². The fraction of sp³-hybridized carbons (Fsp3) is 0. The van der Waals surface area contributed by atoms with Crippen molar-refractivity contribution in [1.82, 2.24) is 4.57 Å². The first-order valence-corrected chi connectivity index (χ1v) is 12.3. The summed E-state index contributed by atoms with van der Waals surface area (Å²) in [5, 5.41) is 4.87. The van der Waals surface area contributed by atoms with E-state index in [-0.39, 0.29) is 0 Å². The van der Waals surface area contributed by atoms with Gasteiger partial charge in [0.25, 0.3) is 0 Å². The van der Waals surface area contributed by atoms with E-state index in [1.54, 1.807) is 0 Å². The molecule has 0 aliphatic rings. The first-order chi connectivity index (χ1) is 15.9. The van der Waals surface area contributed by atoms with Crippen LogP contribution in [-0.4, -0.2) is 4.57 Å². The average molecular weight is 446 g/mol. The largest absolute Gasteiger partial charge is 0.452 e. The van der Waals surface area contributed by atoms with E-state index in [1.807, 2.05) is 22.7 Å². The molecule has 0 saturated heterocycles. The standard InChI is InChI=1S/C28H15NOS2/c1-2-9-17(10-3-1)29-22-20-15-14-16-8-4-5-11-18(16)24(20)30-25(22)27-23(29)28-26(32-27)19-12-6-7-13-21(19)31-28/h1-15H. The summed E-state index contributed by atoms with van der Waals surface area (Å²) in [5.41, 5.74) is 5.56. The highest BCUT2D eigenvalue weighted by Crippen LogP contribution is 2.50. The summed E-state index contributed by atoms with van der Waals surface area (Å²) in [4.78, 5) is 0. The molecule has 0 spiro atoms. The fourth-order valence-corrected chi connectivity index (χ4v) is 7.75. The third kappa shape index (κ3) is 2.04. The molecule has 0 saturated carbocycles. The zero-order valence-corrected chi connectivity index (χ0v) is 18.5. The van der Waals surface area contributed by atoms with Crippen molar-refractivity contribution in [2.45, 2.75) is 0 Å². The molecule has 0 fully saturated rings. The van der Waals surface area contributed by atoms with Crippen molar-refractivity contribution in [2.24, 2.45) is 0 Å². The second-order valence-electron chi connectivity index (χ2n) is 8.15. The summed E-state index contributed by atoms with van der Waals surface area (Å²) in [6.45, 7) is 0. The predicted octanol–water partition coefficient (Wildman–Crippen LogP) is 9.11. The van der Waals surface area contributed by atoms with Crippen LogP contribution in [-0.2, 0) is 0 Å². The highest BCUT2D eigenvalue weighted by atomic mass is 32.1. The number of nitrogens with zero attached hydrogens (tertiary/aromatic N) is 1. The Kier molecular flexibility index (Phi) is 3.19. The molecule has 0 unspecified atom stereocenters. The van der Waals surface area contributed by atoms with Gasteiger partial charge in [0.2, 0.25) is 0 Å². The van der Waals surface area contributed by atoms with E-state index in [0.29, 0.717) is 0 Å². The minimum Gasteiger partial charge on any atom is -0.452 e. The van der Waals surface area contributed by atoms with Crippen LogP contribution in [0.4, 0.5) is 0 Å². The van der Waals surface area contributed by atoms with Gasteiger partial charge in [0, 0.05) is 26.5 Å². The van der Waals surface area contributed by atoms with Gasteiger partial charge in [-0.25, -0.2) is 0 Å². The van der Waals surface area contributed by atoms with Crippen LogP contribution in [0.2, 0.25) is 0 Å². The van der Waals surface area contributed by atoms with E-state index < -0.39 is 0 Å². The normalized spacial score (nSPS) is 12.4. The monoisotopic (exact) mass is 445 g/mol. The Morgan fingerprint density at radius 1 is 0.531 bits per heavy atom. The molecule has 4 aromatic heterocycles. The molecule has 4 aromatic carbocycles. The van der Waals surface area contributed by atoms with Gasteiger partial charge in [-0.05, 0) is 29.7 Å². The Balaban J connectivity index is 1.66. The molecule has 0 aliphatic carbocycles. The minimum atomic E-state index is 0.973. The van der Waals surface area contributed by atoms with Crippen LogP contribution in [0, 0.1) is 0 Å². The number of para-hydroxylation sites is 1. The summed E-state index contributed by atoms with van der Waals surface area (Å²) in [7, 11) is 0. The highest BCUT2D eigenvalue weighted by Gasteiger charge is 2.25. The van der Waals surface area contributed by atoms with Gasteiger partial charge >= 0.3 is 0 Å². The van der Waals surface area contributed by atoms with Gasteiger partial charge in [0.15, 0.2) is 5.58 Å². The Labute approximate surface area is 190 Å². The van der Waals surface area contributed by atoms with E-state index >= 15 is 0 Å². The average Bonchev–Trinajstić information content (AvgIpc) is 3.56. The van der Waals surface area contributed by atoms with Crippen LogP contribution >= 0.6 is 22.7 Å². The quantitative estimate of drug-likeness (QED) is 0.246. The van der Waals surface area contributed by atoms with Crippen LogP contribution in [0.15, 0.2) is 95.4 Å². The molecule has 0 atom stereocenters. The molecule has 32 heavy (non-hydrogen) atoms. The number of benzene rings is 4. The molecular weight excluding hydrogens is 430 g/mol.